The monoisotopic (exact) mass is 314 g/mol. The van der Waals surface area contributed by atoms with E-state index in [1.807, 2.05) is 44.2 Å². The van der Waals surface area contributed by atoms with E-state index in [1.54, 1.807) is 7.11 Å². The van der Waals surface area contributed by atoms with Gasteiger partial charge in [-0.25, -0.2) is 0 Å². The summed E-state index contributed by atoms with van der Waals surface area (Å²) in [6.07, 6.45) is 0. The van der Waals surface area contributed by atoms with Crippen molar-refractivity contribution in [3.05, 3.63) is 47.2 Å². The molecule has 1 N–H and O–H groups in total. The van der Waals surface area contributed by atoms with E-state index >= 15 is 0 Å². The first-order chi connectivity index (χ1) is 11.0. The van der Waals surface area contributed by atoms with E-state index in [9.17, 15) is 4.79 Å². The van der Waals surface area contributed by atoms with E-state index in [0.29, 0.717) is 6.54 Å². The van der Waals surface area contributed by atoms with Crippen LogP contribution >= 0.6 is 0 Å². The fourth-order valence-corrected chi connectivity index (χ4v) is 2.44. The molecular formula is C18H22N2O3. The van der Waals surface area contributed by atoms with Crippen LogP contribution in [0.25, 0.3) is 11.3 Å². The zero-order valence-corrected chi connectivity index (χ0v) is 14.0. The molecule has 1 amide bonds. The molecule has 5 nitrogen and oxygen atoms in total. The molecular weight excluding hydrogens is 292 g/mol. The van der Waals surface area contributed by atoms with E-state index in [2.05, 4.69) is 10.3 Å². The lowest BCUT2D eigenvalue weighted by molar-refractivity contribution is -0.124. The van der Waals surface area contributed by atoms with Crippen molar-refractivity contribution in [2.45, 2.75) is 20.4 Å². The van der Waals surface area contributed by atoms with Gasteiger partial charge in [0.25, 0.3) is 0 Å². The Kier molecular flexibility index (Phi) is 5.71. The van der Waals surface area contributed by atoms with Gasteiger partial charge >= 0.3 is 0 Å². The minimum absolute atomic E-state index is 0.0518. The SMILES string of the molecule is COCC(=O)NCc1c(C)cc(C)nc1-c1ccc(OC)cc1. The minimum atomic E-state index is -0.145. The number of pyridine rings is 1. The Labute approximate surface area is 136 Å². The van der Waals surface area contributed by atoms with E-state index in [1.165, 1.54) is 7.11 Å². The average molecular weight is 314 g/mol. The molecule has 0 radical (unpaired) electrons. The van der Waals surface area contributed by atoms with Crippen molar-refractivity contribution in [2.24, 2.45) is 0 Å². The third-order valence-electron chi connectivity index (χ3n) is 3.58. The number of aryl methyl sites for hydroxylation is 2. The molecule has 0 aliphatic rings. The number of rotatable bonds is 6. The maximum Gasteiger partial charge on any atom is 0.246 e. The molecule has 23 heavy (non-hydrogen) atoms. The van der Waals surface area contributed by atoms with Crippen molar-refractivity contribution in [3.63, 3.8) is 0 Å². The topological polar surface area (TPSA) is 60.5 Å². The standard InChI is InChI=1S/C18H22N2O3/c1-12-9-13(2)20-18(14-5-7-15(23-4)8-6-14)16(12)10-19-17(21)11-22-3/h5-9H,10-11H2,1-4H3,(H,19,21). The summed E-state index contributed by atoms with van der Waals surface area (Å²) in [5, 5.41) is 2.86. The number of amides is 1. The summed E-state index contributed by atoms with van der Waals surface area (Å²) in [5.74, 6) is 0.654. The molecule has 1 aromatic heterocycles. The molecule has 5 heteroatoms. The zero-order valence-electron chi connectivity index (χ0n) is 14.0. The quantitative estimate of drug-likeness (QED) is 0.890. The Balaban J connectivity index is 2.34. The third-order valence-corrected chi connectivity index (χ3v) is 3.58. The van der Waals surface area contributed by atoms with Gasteiger partial charge in [-0.2, -0.15) is 0 Å². The molecule has 0 saturated heterocycles. The maximum absolute atomic E-state index is 11.7. The van der Waals surface area contributed by atoms with Crippen molar-refractivity contribution in [1.82, 2.24) is 10.3 Å². The lowest BCUT2D eigenvalue weighted by Gasteiger charge is -2.14. The van der Waals surface area contributed by atoms with Crippen LogP contribution in [0.5, 0.6) is 5.75 Å². The number of aromatic nitrogens is 1. The maximum atomic E-state index is 11.7. The third kappa shape index (κ3) is 4.29. The Morgan fingerprint density at radius 1 is 1.17 bits per heavy atom. The number of carbonyl (C=O) groups excluding carboxylic acids is 1. The van der Waals surface area contributed by atoms with E-state index in [-0.39, 0.29) is 12.5 Å². The molecule has 0 spiro atoms. The summed E-state index contributed by atoms with van der Waals surface area (Å²) < 4.78 is 10.0. The second-order valence-corrected chi connectivity index (χ2v) is 5.35. The van der Waals surface area contributed by atoms with Gasteiger partial charge in [0, 0.05) is 30.5 Å². The zero-order chi connectivity index (χ0) is 16.8. The van der Waals surface area contributed by atoms with Crippen molar-refractivity contribution in [3.8, 4) is 17.0 Å². The largest absolute Gasteiger partial charge is 0.497 e. The molecule has 122 valence electrons. The number of methoxy groups -OCH3 is 2. The minimum Gasteiger partial charge on any atom is -0.497 e. The predicted octanol–water partition coefficient (Wildman–Crippen LogP) is 2.64. The molecule has 1 heterocycles. The number of nitrogens with zero attached hydrogens (tertiary/aromatic N) is 1. The fourth-order valence-electron chi connectivity index (χ4n) is 2.44. The first-order valence-electron chi connectivity index (χ1n) is 7.42. The van der Waals surface area contributed by atoms with Gasteiger partial charge in [-0.1, -0.05) is 0 Å². The van der Waals surface area contributed by atoms with Crippen LogP contribution in [0.15, 0.2) is 30.3 Å². The van der Waals surface area contributed by atoms with E-state index < -0.39 is 0 Å². The number of carbonyl (C=O) groups is 1. The number of hydrogen-bond donors (Lipinski definition) is 1. The van der Waals surface area contributed by atoms with Gasteiger partial charge in [0.2, 0.25) is 5.91 Å². The molecule has 0 aliphatic carbocycles. The highest BCUT2D eigenvalue weighted by Crippen LogP contribution is 2.26. The van der Waals surface area contributed by atoms with Crippen LogP contribution < -0.4 is 10.1 Å². The van der Waals surface area contributed by atoms with Gasteiger partial charge in [-0.15, -0.1) is 0 Å². The van der Waals surface area contributed by atoms with Crippen LogP contribution in [0.3, 0.4) is 0 Å². The lowest BCUT2D eigenvalue weighted by atomic mass is 10.0. The van der Waals surface area contributed by atoms with Gasteiger partial charge in [0.15, 0.2) is 0 Å². The summed E-state index contributed by atoms with van der Waals surface area (Å²) >= 11 is 0. The molecule has 2 rings (SSSR count). The highest BCUT2D eigenvalue weighted by molar-refractivity contribution is 5.77. The van der Waals surface area contributed by atoms with Crippen LogP contribution in [0.2, 0.25) is 0 Å². The van der Waals surface area contributed by atoms with Gasteiger partial charge in [-0.3, -0.25) is 9.78 Å². The molecule has 0 unspecified atom stereocenters. The summed E-state index contributed by atoms with van der Waals surface area (Å²) in [5.41, 5.74) is 4.92. The number of benzene rings is 1. The predicted molar refractivity (Wildman–Crippen MR) is 89.4 cm³/mol. The molecule has 1 aromatic carbocycles. The Morgan fingerprint density at radius 3 is 2.48 bits per heavy atom. The van der Waals surface area contributed by atoms with Crippen molar-refractivity contribution < 1.29 is 14.3 Å². The Morgan fingerprint density at radius 2 is 1.87 bits per heavy atom. The smallest absolute Gasteiger partial charge is 0.246 e. The summed E-state index contributed by atoms with van der Waals surface area (Å²) in [6.45, 7) is 4.46. The second kappa shape index (κ2) is 7.74. The highest BCUT2D eigenvalue weighted by atomic mass is 16.5. The molecule has 0 atom stereocenters. The fraction of sp³-hybridized carbons (Fsp3) is 0.333. The Bertz CT molecular complexity index is 681. The summed E-state index contributed by atoms with van der Waals surface area (Å²) in [6, 6.07) is 9.77. The van der Waals surface area contributed by atoms with Crippen LogP contribution in [-0.4, -0.2) is 31.7 Å². The van der Waals surface area contributed by atoms with Gasteiger partial charge < -0.3 is 14.8 Å². The molecule has 2 aromatic rings. The average Bonchev–Trinajstić information content (AvgIpc) is 2.54. The van der Waals surface area contributed by atoms with E-state index in [0.717, 1.165) is 33.8 Å². The van der Waals surface area contributed by atoms with Gasteiger partial charge in [0.05, 0.1) is 12.8 Å². The van der Waals surface area contributed by atoms with Crippen LogP contribution in [0.1, 0.15) is 16.8 Å². The van der Waals surface area contributed by atoms with E-state index in [4.69, 9.17) is 9.47 Å². The summed E-state index contributed by atoms with van der Waals surface area (Å²) in [7, 11) is 3.14. The number of nitrogens with one attached hydrogen (secondary N) is 1. The molecule has 0 fully saturated rings. The van der Waals surface area contributed by atoms with Crippen LogP contribution in [-0.2, 0) is 16.1 Å². The first-order valence-corrected chi connectivity index (χ1v) is 7.42. The van der Waals surface area contributed by atoms with Gasteiger partial charge in [0.1, 0.15) is 12.4 Å². The van der Waals surface area contributed by atoms with Crippen molar-refractivity contribution in [2.75, 3.05) is 20.8 Å². The normalized spacial score (nSPS) is 10.4. The Hall–Kier alpha value is -2.40. The van der Waals surface area contributed by atoms with Crippen LogP contribution in [0.4, 0.5) is 0 Å². The molecule has 0 bridgehead atoms. The lowest BCUT2D eigenvalue weighted by Crippen LogP contribution is -2.27. The number of ether oxygens (including phenoxy) is 2. The van der Waals surface area contributed by atoms with Crippen molar-refractivity contribution >= 4 is 5.91 Å². The summed E-state index contributed by atoms with van der Waals surface area (Å²) in [4.78, 5) is 16.3. The number of hydrogen-bond acceptors (Lipinski definition) is 4. The molecule has 0 aliphatic heterocycles. The van der Waals surface area contributed by atoms with Crippen LogP contribution in [0, 0.1) is 13.8 Å². The molecule has 0 saturated carbocycles. The first kappa shape index (κ1) is 17.0. The van der Waals surface area contributed by atoms with Crippen molar-refractivity contribution in [1.29, 1.82) is 0 Å². The second-order valence-electron chi connectivity index (χ2n) is 5.35. The highest BCUT2D eigenvalue weighted by Gasteiger charge is 2.12. The van der Waals surface area contributed by atoms with Gasteiger partial charge in [-0.05, 0) is 49.7 Å².